The summed E-state index contributed by atoms with van der Waals surface area (Å²) in [7, 11) is 0. The van der Waals surface area contributed by atoms with Crippen molar-refractivity contribution in [1.82, 2.24) is 44.1 Å². The minimum atomic E-state index is -1.000. The van der Waals surface area contributed by atoms with Gasteiger partial charge in [-0.2, -0.15) is 0 Å². The number of carbonyl (C=O) groups excluding carboxylic acids is 9. The number of hydrogen-bond acceptors (Lipinski definition) is 15. The third kappa shape index (κ3) is 12.7. The van der Waals surface area contributed by atoms with Crippen LogP contribution in [-0.4, -0.2) is 260 Å². The predicted octanol–water partition coefficient (Wildman–Crippen LogP) is 4.46. The highest BCUT2D eigenvalue weighted by Gasteiger charge is 2.71. The molecule has 9 amide bonds. The van der Waals surface area contributed by atoms with Crippen molar-refractivity contribution >= 4 is 53.7 Å². The molecule has 480 valence electrons. The lowest BCUT2D eigenvalue weighted by Crippen LogP contribution is -2.82. The zero-order valence-corrected chi connectivity index (χ0v) is 53.7. The van der Waals surface area contributed by atoms with Gasteiger partial charge in [0.2, 0.25) is 17.7 Å². The molecular weight excluding hydrogens is 1100 g/mol. The van der Waals surface area contributed by atoms with Crippen LogP contribution in [0.25, 0.3) is 0 Å². The van der Waals surface area contributed by atoms with Crippen LogP contribution in [0.5, 0.6) is 0 Å². The van der Waals surface area contributed by atoms with Crippen LogP contribution in [0.2, 0.25) is 0 Å². The van der Waals surface area contributed by atoms with E-state index in [1.54, 1.807) is 108 Å². The van der Waals surface area contributed by atoms with E-state index in [2.05, 4.69) is 0 Å². The lowest BCUT2D eigenvalue weighted by atomic mass is 9.75. The molecule has 0 radical (unpaired) electrons. The fraction of sp³-hybridized carbons (Fsp3) is 0.852. The highest BCUT2D eigenvalue weighted by Crippen LogP contribution is 2.50. The van der Waals surface area contributed by atoms with E-state index >= 15 is 0 Å². The third-order valence-corrected chi connectivity index (χ3v) is 18.7. The zero-order valence-electron chi connectivity index (χ0n) is 53.7. The molecule has 0 aromatic heterocycles. The molecule has 9 saturated heterocycles. The Morgan fingerprint density at radius 1 is 0.459 bits per heavy atom. The second kappa shape index (κ2) is 24.9. The molecule has 24 heteroatoms. The van der Waals surface area contributed by atoms with E-state index in [1.807, 2.05) is 27.7 Å². The number of likely N-dealkylation sites (tertiary alicyclic amines) is 9. The van der Waals surface area contributed by atoms with E-state index in [-0.39, 0.29) is 66.2 Å². The molecule has 9 heterocycles. The van der Waals surface area contributed by atoms with Crippen LogP contribution in [0.15, 0.2) is 0 Å². The predicted molar refractivity (Wildman–Crippen MR) is 312 cm³/mol. The Labute approximate surface area is 503 Å². The number of amides is 9. The summed E-state index contributed by atoms with van der Waals surface area (Å²) in [4.78, 5) is 132. The SMILES string of the molecule is CC1CCC2(C(=O)N(C(C(=O)N3CCCC3)[C@@H](C)O)C2C)N1C(=O)OC(C)(C)C.CC1CCC2(CN([C@H](C(=O)N3CCCC3)[C@@H](C)O)C2=O)N1C(=O)OC(C)(C)C.CC1N(C(C(=O)N2CCCC2)[C@@H](C)O)C(=O)C12CCCN2C(=O)OC(C)(C)C. The molecule has 0 saturated carbocycles. The molecule has 3 spiro atoms. The third-order valence-electron chi connectivity index (χ3n) is 18.7. The van der Waals surface area contributed by atoms with Crippen LogP contribution < -0.4 is 0 Å². The van der Waals surface area contributed by atoms with Crippen molar-refractivity contribution in [2.45, 2.75) is 282 Å². The Hall–Kier alpha value is -5.49. The van der Waals surface area contributed by atoms with Crippen LogP contribution >= 0.6 is 0 Å². The van der Waals surface area contributed by atoms with E-state index in [4.69, 9.17) is 14.2 Å². The summed E-state index contributed by atoms with van der Waals surface area (Å²) in [6.07, 6.45) is 4.98. The monoisotopic (exact) mass is 1200 g/mol. The van der Waals surface area contributed by atoms with E-state index in [0.717, 1.165) is 38.5 Å². The first-order chi connectivity index (χ1) is 39.4. The van der Waals surface area contributed by atoms with Crippen LogP contribution in [0.4, 0.5) is 14.4 Å². The Bertz CT molecular complexity index is 2530. The number of aliphatic hydroxyl groups excluding tert-OH is 3. The molecule has 9 aliphatic heterocycles. The topological polar surface area (TPSA) is 271 Å². The van der Waals surface area contributed by atoms with Gasteiger partial charge in [-0.3, -0.25) is 43.5 Å². The Morgan fingerprint density at radius 3 is 1.19 bits per heavy atom. The second-order valence-electron chi connectivity index (χ2n) is 28.5. The smallest absolute Gasteiger partial charge is 0.411 e. The molecule has 85 heavy (non-hydrogen) atoms. The largest absolute Gasteiger partial charge is 0.444 e. The first kappa shape index (κ1) is 67.0. The van der Waals surface area contributed by atoms with Gasteiger partial charge in [0.05, 0.1) is 36.9 Å². The normalized spacial score (nSPS) is 30.5. The van der Waals surface area contributed by atoms with E-state index in [0.29, 0.717) is 84.3 Å². The second-order valence-corrected chi connectivity index (χ2v) is 28.5. The molecular formula is C61H101N9O15. The highest BCUT2D eigenvalue weighted by atomic mass is 16.6. The average molecular weight is 1200 g/mol. The molecule has 0 aromatic rings. The maximum atomic E-state index is 13.5. The first-order valence-electron chi connectivity index (χ1n) is 31.3. The molecule has 9 unspecified atom stereocenters. The highest BCUT2D eigenvalue weighted by molar-refractivity contribution is 6.03. The summed E-state index contributed by atoms with van der Waals surface area (Å²) in [5.74, 6) is -1.40. The number of hydrogen-bond donors (Lipinski definition) is 3. The van der Waals surface area contributed by atoms with E-state index in [9.17, 15) is 58.5 Å². The van der Waals surface area contributed by atoms with Gasteiger partial charge in [0.1, 0.15) is 51.5 Å². The van der Waals surface area contributed by atoms with Crippen molar-refractivity contribution in [2.75, 3.05) is 52.4 Å². The molecule has 0 bridgehead atoms. The lowest BCUT2D eigenvalue weighted by molar-refractivity contribution is -0.186. The molecule has 0 aromatic carbocycles. The Balaban J connectivity index is 0.000000183. The fourth-order valence-corrected chi connectivity index (χ4v) is 14.7. The van der Waals surface area contributed by atoms with Crippen LogP contribution in [0.1, 0.15) is 188 Å². The number of aliphatic hydroxyl groups is 3. The molecule has 3 N–H and O–H groups in total. The summed E-state index contributed by atoms with van der Waals surface area (Å²) in [6, 6.07) is -3.70. The molecule has 24 nitrogen and oxygen atoms in total. The van der Waals surface area contributed by atoms with Gasteiger partial charge in [-0.05, 0) is 188 Å². The van der Waals surface area contributed by atoms with Crippen molar-refractivity contribution in [3.05, 3.63) is 0 Å². The molecule has 9 aliphatic rings. The van der Waals surface area contributed by atoms with Crippen LogP contribution in [-0.2, 0) is 43.0 Å². The summed E-state index contributed by atoms with van der Waals surface area (Å²) >= 11 is 0. The van der Waals surface area contributed by atoms with Gasteiger partial charge in [-0.15, -0.1) is 0 Å². The van der Waals surface area contributed by atoms with Crippen molar-refractivity contribution < 1.29 is 72.7 Å². The van der Waals surface area contributed by atoms with Crippen molar-refractivity contribution in [2.24, 2.45) is 0 Å². The number of ether oxygens (including phenoxy) is 3. The maximum absolute atomic E-state index is 13.5. The van der Waals surface area contributed by atoms with Crippen molar-refractivity contribution in [1.29, 1.82) is 0 Å². The summed E-state index contributed by atoms with van der Waals surface area (Å²) in [5.41, 5.74) is -4.89. The van der Waals surface area contributed by atoms with E-state index in [1.165, 1.54) is 19.6 Å². The quantitative estimate of drug-likeness (QED) is 0.212. The molecule has 0 aliphatic carbocycles. The van der Waals surface area contributed by atoms with Crippen LogP contribution in [0, 0.1) is 0 Å². The Kier molecular flexibility index (Phi) is 19.7. The van der Waals surface area contributed by atoms with Crippen molar-refractivity contribution in [3.63, 3.8) is 0 Å². The minimum absolute atomic E-state index is 0.111. The molecule has 9 fully saturated rings. The molecule has 9 rings (SSSR count). The minimum Gasteiger partial charge on any atom is -0.444 e. The average Bonchev–Trinajstić information content (AvgIpc) is 1.72. The lowest BCUT2D eigenvalue weighted by Gasteiger charge is -2.59. The van der Waals surface area contributed by atoms with Gasteiger partial charge in [0.15, 0.2) is 0 Å². The number of β-lactam (4-membered cyclic amide) rings is 3. The first-order valence-corrected chi connectivity index (χ1v) is 31.3. The zero-order chi connectivity index (χ0) is 63.4. The molecule has 13 atom stereocenters. The summed E-state index contributed by atoms with van der Waals surface area (Å²) in [6.45, 7) is 33.0. The summed E-state index contributed by atoms with van der Waals surface area (Å²) in [5, 5.41) is 31.0. The van der Waals surface area contributed by atoms with Gasteiger partial charge >= 0.3 is 18.3 Å². The van der Waals surface area contributed by atoms with Gasteiger partial charge in [-0.25, -0.2) is 14.4 Å². The van der Waals surface area contributed by atoms with Crippen molar-refractivity contribution in [3.8, 4) is 0 Å². The standard InChI is InChI=1S/C21H35N3O5.2C20H33N3O5/c1-13-9-10-21(24(13)19(28)29-20(4,5)6)15(3)23(18(21)27)16(14(2)25)17(26)22-11-7-8-12-22;1-13-8-9-20(23(13)18(27)28-19(3,4)5)12-22(17(20)26)15(14(2)24)16(25)21-10-6-7-11-21;1-13(24)15(16(25)21-10-6-7-11-21)23-14(2)20(17(23)26)9-8-12-22(20)18(27)28-19(3,4)5/h13-16,25H,7-12H2,1-6H3;2*13-15,24H,6-12H2,1-5H3/t13?,14-,15?,16?,21?;13?,14-,15+,20?;13-,14?,15?,20?/m111/s1. The maximum Gasteiger partial charge on any atom is 0.411 e. The Morgan fingerprint density at radius 2 is 0.812 bits per heavy atom. The number of nitrogens with zero attached hydrogens (tertiary/aromatic N) is 9. The summed E-state index contributed by atoms with van der Waals surface area (Å²) < 4.78 is 16.6. The van der Waals surface area contributed by atoms with Gasteiger partial charge in [-0.1, -0.05) is 0 Å². The van der Waals surface area contributed by atoms with Gasteiger partial charge in [0.25, 0.3) is 17.7 Å². The fourth-order valence-electron chi connectivity index (χ4n) is 14.7. The number of carbonyl (C=O) groups is 9. The van der Waals surface area contributed by atoms with Crippen LogP contribution in [0.3, 0.4) is 0 Å². The van der Waals surface area contributed by atoms with Gasteiger partial charge < -0.3 is 58.9 Å². The number of rotatable bonds is 9. The van der Waals surface area contributed by atoms with Gasteiger partial charge in [0, 0.05) is 57.9 Å². The van der Waals surface area contributed by atoms with E-state index < -0.39 is 88.1 Å².